The molecule has 0 aliphatic heterocycles. The molecule has 0 aliphatic rings. The number of benzene rings is 1. The summed E-state index contributed by atoms with van der Waals surface area (Å²) in [6.45, 7) is 10.1. The van der Waals surface area contributed by atoms with Crippen molar-refractivity contribution in [2.45, 2.75) is 39.7 Å². The lowest BCUT2D eigenvalue weighted by Gasteiger charge is -2.20. The normalized spacial score (nSPS) is 12.8. The molecule has 2 aromatic rings. The zero-order chi connectivity index (χ0) is 15.9. The molecule has 0 aliphatic carbocycles. The predicted molar refractivity (Wildman–Crippen MR) is 96.9 cm³/mol. The van der Waals surface area contributed by atoms with E-state index in [9.17, 15) is 0 Å². The number of nitrogens with one attached hydrogen (secondary N) is 1. The van der Waals surface area contributed by atoms with E-state index >= 15 is 0 Å². The lowest BCUT2D eigenvalue weighted by atomic mass is 10.1. The molecule has 1 heterocycles. The first-order valence-electron chi connectivity index (χ1n) is 8.16. The van der Waals surface area contributed by atoms with Crippen LogP contribution in [0.1, 0.15) is 33.6 Å². The van der Waals surface area contributed by atoms with E-state index in [1.54, 1.807) is 0 Å². The first-order chi connectivity index (χ1) is 10.6. The number of hydrogen-bond donors (Lipinski definition) is 1. The van der Waals surface area contributed by atoms with Crippen molar-refractivity contribution in [1.29, 1.82) is 0 Å². The van der Waals surface area contributed by atoms with Gasteiger partial charge in [0.1, 0.15) is 0 Å². The fraction of sp³-hybridized carbons (Fsp3) is 0.500. The number of anilines is 1. The molecule has 1 N–H and O–H groups in total. The van der Waals surface area contributed by atoms with Crippen molar-refractivity contribution < 1.29 is 0 Å². The number of nitrogens with zero attached hydrogens (tertiary/aromatic N) is 2. The molecule has 0 saturated heterocycles. The first kappa shape index (κ1) is 17.0. The van der Waals surface area contributed by atoms with Crippen molar-refractivity contribution in [3.63, 3.8) is 0 Å². The molecule has 2 rings (SSSR count). The minimum Gasteiger partial charge on any atom is -0.381 e. The quantitative estimate of drug-likeness (QED) is 0.756. The van der Waals surface area contributed by atoms with Crippen LogP contribution in [-0.4, -0.2) is 35.6 Å². The highest BCUT2D eigenvalue weighted by molar-refractivity contribution is 6.31. The Bertz CT molecular complexity index is 596. The van der Waals surface area contributed by atoms with Gasteiger partial charge in [-0.3, -0.25) is 4.98 Å². The van der Waals surface area contributed by atoms with Gasteiger partial charge in [0.2, 0.25) is 0 Å². The molecule has 0 bridgehead atoms. The standard InChI is InChI=1S/C18H26ClN3/c1-4-22(5-2)10-6-7-14(3)21-18-13-20-12-15-11-16(19)8-9-17(15)18/h8-9,11-14,21H,4-7,10H2,1-3H3. The Morgan fingerprint density at radius 1 is 1.23 bits per heavy atom. The molecule has 1 aromatic carbocycles. The maximum absolute atomic E-state index is 6.05. The molecule has 1 unspecified atom stereocenters. The van der Waals surface area contributed by atoms with Crippen LogP contribution >= 0.6 is 11.6 Å². The van der Waals surface area contributed by atoms with Gasteiger partial charge in [-0.1, -0.05) is 31.5 Å². The summed E-state index contributed by atoms with van der Waals surface area (Å²) in [7, 11) is 0. The van der Waals surface area contributed by atoms with E-state index in [0.717, 1.165) is 35.6 Å². The molecule has 0 fully saturated rings. The molecule has 4 heteroatoms. The number of hydrogen-bond acceptors (Lipinski definition) is 3. The lowest BCUT2D eigenvalue weighted by Crippen LogP contribution is -2.25. The fourth-order valence-electron chi connectivity index (χ4n) is 2.76. The van der Waals surface area contributed by atoms with Crippen LogP contribution in [0.4, 0.5) is 5.69 Å². The van der Waals surface area contributed by atoms with E-state index in [1.165, 1.54) is 18.4 Å². The summed E-state index contributed by atoms with van der Waals surface area (Å²) in [6.07, 6.45) is 6.12. The fourth-order valence-corrected chi connectivity index (χ4v) is 2.94. The highest BCUT2D eigenvalue weighted by Gasteiger charge is 2.07. The van der Waals surface area contributed by atoms with Crippen LogP contribution in [0.25, 0.3) is 10.8 Å². The molecule has 0 saturated carbocycles. The number of pyridine rings is 1. The highest BCUT2D eigenvalue weighted by atomic mass is 35.5. The maximum atomic E-state index is 6.05. The Morgan fingerprint density at radius 2 is 2.00 bits per heavy atom. The Morgan fingerprint density at radius 3 is 2.73 bits per heavy atom. The van der Waals surface area contributed by atoms with E-state index in [0.29, 0.717) is 6.04 Å². The zero-order valence-electron chi connectivity index (χ0n) is 13.8. The van der Waals surface area contributed by atoms with Gasteiger partial charge in [0, 0.05) is 28.0 Å². The number of rotatable bonds is 8. The maximum Gasteiger partial charge on any atom is 0.0608 e. The van der Waals surface area contributed by atoms with Gasteiger partial charge in [0.15, 0.2) is 0 Å². The molecule has 22 heavy (non-hydrogen) atoms. The second-order valence-corrected chi connectivity index (χ2v) is 6.20. The van der Waals surface area contributed by atoms with E-state index < -0.39 is 0 Å². The van der Waals surface area contributed by atoms with E-state index in [1.807, 2.05) is 24.5 Å². The summed E-state index contributed by atoms with van der Waals surface area (Å²) >= 11 is 6.05. The summed E-state index contributed by atoms with van der Waals surface area (Å²) in [4.78, 5) is 6.78. The van der Waals surface area contributed by atoms with Gasteiger partial charge < -0.3 is 10.2 Å². The number of halogens is 1. The molecule has 0 amide bonds. The Labute approximate surface area is 138 Å². The van der Waals surface area contributed by atoms with Gasteiger partial charge in [0.05, 0.1) is 11.9 Å². The van der Waals surface area contributed by atoms with Gasteiger partial charge in [-0.15, -0.1) is 0 Å². The van der Waals surface area contributed by atoms with Gasteiger partial charge >= 0.3 is 0 Å². The summed E-state index contributed by atoms with van der Waals surface area (Å²) in [5.74, 6) is 0. The third-order valence-electron chi connectivity index (χ3n) is 4.13. The molecule has 0 spiro atoms. The van der Waals surface area contributed by atoms with E-state index in [-0.39, 0.29) is 0 Å². The first-order valence-corrected chi connectivity index (χ1v) is 8.54. The largest absolute Gasteiger partial charge is 0.381 e. The minimum atomic E-state index is 0.429. The van der Waals surface area contributed by atoms with Crippen LogP contribution in [0.5, 0.6) is 0 Å². The van der Waals surface area contributed by atoms with Crippen LogP contribution in [0.15, 0.2) is 30.6 Å². The Kier molecular flexibility index (Phi) is 6.47. The van der Waals surface area contributed by atoms with Crippen LogP contribution in [0.2, 0.25) is 5.02 Å². The third-order valence-corrected chi connectivity index (χ3v) is 4.36. The van der Waals surface area contributed by atoms with E-state index in [2.05, 4.69) is 42.0 Å². The van der Waals surface area contributed by atoms with Gasteiger partial charge in [-0.05, 0) is 51.5 Å². The van der Waals surface area contributed by atoms with Gasteiger partial charge in [0.25, 0.3) is 0 Å². The summed E-state index contributed by atoms with van der Waals surface area (Å²) in [5.41, 5.74) is 1.09. The third kappa shape index (κ3) is 4.59. The molecule has 120 valence electrons. The van der Waals surface area contributed by atoms with Gasteiger partial charge in [-0.25, -0.2) is 0 Å². The van der Waals surface area contributed by atoms with Gasteiger partial charge in [-0.2, -0.15) is 0 Å². The Hall–Kier alpha value is -1.32. The summed E-state index contributed by atoms with van der Waals surface area (Å²) < 4.78 is 0. The molecule has 1 atom stereocenters. The van der Waals surface area contributed by atoms with Crippen molar-refractivity contribution in [2.24, 2.45) is 0 Å². The van der Waals surface area contributed by atoms with Crippen molar-refractivity contribution in [2.75, 3.05) is 25.0 Å². The number of fused-ring (bicyclic) bond motifs is 1. The molecule has 1 aromatic heterocycles. The van der Waals surface area contributed by atoms with Crippen LogP contribution in [0.3, 0.4) is 0 Å². The summed E-state index contributed by atoms with van der Waals surface area (Å²) in [6, 6.07) is 6.38. The van der Waals surface area contributed by atoms with Crippen molar-refractivity contribution in [3.8, 4) is 0 Å². The average molecular weight is 320 g/mol. The molecular weight excluding hydrogens is 294 g/mol. The second-order valence-electron chi connectivity index (χ2n) is 5.77. The van der Waals surface area contributed by atoms with Crippen molar-refractivity contribution in [3.05, 3.63) is 35.6 Å². The summed E-state index contributed by atoms with van der Waals surface area (Å²) in [5, 5.41) is 6.59. The molecular formula is C18H26ClN3. The van der Waals surface area contributed by atoms with Crippen molar-refractivity contribution in [1.82, 2.24) is 9.88 Å². The second kappa shape index (κ2) is 8.35. The highest BCUT2D eigenvalue weighted by Crippen LogP contribution is 2.25. The smallest absolute Gasteiger partial charge is 0.0608 e. The average Bonchev–Trinajstić information content (AvgIpc) is 2.51. The molecule has 0 radical (unpaired) electrons. The molecule has 3 nitrogen and oxygen atoms in total. The monoisotopic (exact) mass is 319 g/mol. The topological polar surface area (TPSA) is 28.2 Å². The lowest BCUT2D eigenvalue weighted by molar-refractivity contribution is 0.295. The SMILES string of the molecule is CCN(CC)CCCC(C)Nc1cncc2cc(Cl)ccc12. The van der Waals surface area contributed by atoms with Crippen LogP contribution < -0.4 is 5.32 Å². The predicted octanol–water partition coefficient (Wildman–Crippen LogP) is 4.81. The minimum absolute atomic E-state index is 0.429. The Balaban J connectivity index is 1.95. The van der Waals surface area contributed by atoms with E-state index in [4.69, 9.17) is 11.6 Å². The number of aromatic nitrogens is 1. The van der Waals surface area contributed by atoms with Crippen molar-refractivity contribution >= 4 is 28.1 Å². The van der Waals surface area contributed by atoms with Crippen LogP contribution in [0, 0.1) is 0 Å². The zero-order valence-corrected chi connectivity index (χ0v) is 14.5. The van der Waals surface area contributed by atoms with Crippen LogP contribution in [-0.2, 0) is 0 Å².